The van der Waals surface area contributed by atoms with E-state index in [4.69, 9.17) is 0 Å². The lowest BCUT2D eigenvalue weighted by Crippen LogP contribution is -2.21. The highest BCUT2D eigenvalue weighted by Gasteiger charge is 2.13. The van der Waals surface area contributed by atoms with Crippen molar-refractivity contribution in [1.29, 1.82) is 0 Å². The van der Waals surface area contributed by atoms with Crippen LogP contribution in [0.2, 0.25) is 0 Å². The first-order valence-electron chi connectivity index (χ1n) is 4.18. The van der Waals surface area contributed by atoms with Gasteiger partial charge in [0.1, 0.15) is 12.8 Å². The molecule has 0 saturated carbocycles. The highest BCUT2D eigenvalue weighted by Crippen LogP contribution is 2.11. The molecule has 0 fully saturated rings. The number of rotatable bonds is 3. The van der Waals surface area contributed by atoms with E-state index in [9.17, 15) is 9.90 Å². The second-order valence-electron chi connectivity index (χ2n) is 2.71. The molecule has 6 nitrogen and oxygen atoms in total. The molecule has 78 valence electrons. The molecular formula is C8H13N3O3. The van der Waals surface area contributed by atoms with Crippen molar-refractivity contribution in [3.63, 3.8) is 0 Å². The molecule has 0 bridgehead atoms. The van der Waals surface area contributed by atoms with Crippen LogP contribution in [0.1, 0.15) is 12.6 Å². The summed E-state index contributed by atoms with van der Waals surface area (Å²) in [5.74, 6) is -0.0965. The van der Waals surface area contributed by atoms with Gasteiger partial charge in [0.15, 0.2) is 0 Å². The van der Waals surface area contributed by atoms with Gasteiger partial charge in [0, 0.05) is 13.6 Å². The molecule has 1 N–H and O–H groups in total. The summed E-state index contributed by atoms with van der Waals surface area (Å²) >= 11 is 0. The Hall–Kier alpha value is -1.72. The molecule has 0 aromatic carbocycles. The molecule has 1 rings (SSSR count). The maximum atomic E-state index is 11.5. The summed E-state index contributed by atoms with van der Waals surface area (Å²) in [7, 11) is 2.95. The number of hydrogen-bond acceptors (Lipinski definition) is 4. The molecule has 1 heterocycles. The van der Waals surface area contributed by atoms with Crippen molar-refractivity contribution in [2.24, 2.45) is 12.2 Å². The Labute approximate surface area is 81.0 Å². The quantitative estimate of drug-likeness (QED) is 0.545. The monoisotopic (exact) mass is 199 g/mol. The zero-order valence-corrected chi connectivity index (χ0v) is 8.39. The van der Waals surface area contributed by atoms with Crippen molar-refractivity contribution in [1.82, 2.24) is 9.13 Å². The van der Waals surface area contributed by atoms with Gasteiger partial charge in [-0.3, -0.25) is 9.13 Å². The molecule has 0 aliphatic heterocycles. The van der Waals surface area contributed by atoms with E-state index in [0.717, 1.165) is 0 Å². The second-order valence-corrected chi connectivity index (χ2v) is 2.71. The van der Waals surface area contributed by atoms with Gasteiger partial charge in [-0.2, -0.15) is 0 Å². The van der Waals surface area contributed by atoms with E-state index >= 15 is 0 Å². The Morgan fingerprint density at radius 1 is 1.64 bits per heavy atom. The van der Waals surface area contributed by atoms with Crippen molar-refractivity contribution in [2.45, 2.75) is 13.5 Å². The van der Waals surface area contributed by atoms with Crippen LogP contribution in [0, 0.1) is 0 Å². The molecule has 1 aromatic heterocycles. The van der Waals surface area contributed by atoms with Gasteiger partial charge < -0.3 is 9.94 Å². The van der Waals surface area contributed by atoms with E-state index in [1.54, 1.807) is 14.0 Å². The summed E-state index contributed by atoms with van der Waals surface area (Å²) in [6.07, 6.45) is 1.29. The van der Waals surface area contributed by atoms with Gasteiger partial charge in [-0.05, 0) is 6.92 Å². The summed E-state index contributed by atoms with van der Waals surface area (Å²) in [6.45, 7) is 2.19. The minimum absolute atomic E-state index is 0.0965. The van der Waals surface area contributed by atoms with Crippen LogP contribution in [-0.4, -0.2) is 27.6 Å². The standard InChI is InChI=1S/C8H13N3O3/c1-4-11-7(12)6(5-9-14-3)10(2)8(11)13/h5,12H,4H2,1-3H3. The van der Waals surface area contributed by atoms with Crippen molar-refractivity contribution in [3.8, 4) is 5.88 Å². The molecule has 14 heavy (non-hydrogen) atoms. The average Bonchev–Trinajstić information content (AvgIpc) is 2.37. The zero-order chi connectivity index (χ0) is 10.7. The van der Waals surface area contributed by atoms with Crippen molar-refractivity contribution < 1.29 is 9.94 Å². The predicted octanol–water partition coefficient (Wildman–Crippen LogP) is -0.107. The molecule has 0 spiro atoms. The zero-order valence-electron chi connectivity index (χ0n) is 8.39. The van der Waals surface area contributed by atoms with Gasteiger partial charge in [-0.1, -0.05) is 5.16 Å². The molecule has 0 unspecified atom stereocenters. The van der Waals surface area contributed by atoms with E-state index in [0.29, 0.717) is 12.2 Å². The SMILES string of the molecule is CCn1c(O)c(C=NOC)n(C)c1=O. The van der Waals surface area contributed by atoms with Gasteiger partial charge in [0.05, 0.1) is 6.21 Å². The van der Waals surface area contributed by atoms with Crippen LogP contribution in [0.25, 0.3) is 0 Å². The Balaban J connectivity index is 3.30. The number of nitrogens with zero attached hydrogens (tertiary/aromatic N) is 3. The van der Waals surface area contributed by atoms with Crippen molar-refractivity contribution in [3.05, 3.63) is 16.2 Å². The lowest BCUT2D eigenvalue weighted by Gasteiger charge is -1.95. The van der Waals surface area contributed by atoms with Crippen LogP contribution in [0.5, 0.6) is 5.88 Å². The Morgan fingerprint density at radius 3 is 2.71 bits per heavy atom. The molecule has 0 amide bonds. The third-order valence-corrected chi connectivity index (χ3v) is 1.96. The normalized spacial score (nSPS) is 11.1. The minimum Gasteiger partial charge on any atom is -0.493 e. The van der Waals surface area contributed by atoms with Crippen LogP contribution in [0.4, 0.5) is 0 Å². The summed E-state index contributed by atoms with van der Waals surface area (Å²) in [6, 6.07) is 0. The van der Waals surface area contributed by atoms with Gasteiger partial charge in [-0.15, -0.1) is 0 Å². The third-order valence-electron chi connectivity index (χ3n) is 1.96. The van der Waals surface area contributed by atoms with E-state index in [2.05, 4.69) is 9.99 Å². The maximum absolute atomic E-state index is 11.5. The average molecular weight is 199 g/mol. The van der Waals surface area contributed by atoms with Crippen LogP contribution < -0.4 is 5.69 Å². The van der Waals surface area contributed by atoms with Gasteiger partial charge >= 0.3 is 5.69 Å². The lowest BCUT2D eigenvalue weighted by molar-refractivity contribution is 0.215. The first kappa shape index (κ1) is 10.4. The molecule has 0 aliphatic carbocycles. The van der Waals surface area contributed by atoms with E-state index < -0.39 is 0 Å². The molecule has 0 radical (unpaired) electrons. The number of oxime groups is 1. The van der Waals surface area contributed by atoms with Gasteiger partial charge in [0.25, 0.3) is 0 Å². The van der Waals surface area contributed by atoms with E-state index in [-0.39, 0.29) is 11.6 Å². The second kappa shape index (κ2) is 3.99. The molecule has 1 aromatic rings. The van der Waals surface area contributed by atoms with Gasteiger partial charge in [0.2, 0.25) is 5.88 Å². The third kappa shape index (κ3) is 1.50. The Bertz CT molecular complexity index is 403. The number of hydrogen-bond donors (Lipinski definition) is 1. The number of aromatic hydroxyl groups is 1. The molecule has 0 saturated heterocycles. The molecular weight excluding hydrogens is 186 g/mol. The van der Waals surface area contributed by atoms with Crippen LogP contribution in [-0.2, 0) is 18.4 Å². The fourth-order valence-corrected chi connectivity index (χ4v) is 1.19. The fourth-order valence-electron chi connectivity index (χ4n) is 1.19. The van der Waals surface area contributed by atoms with Crippen LogP contribution >= 0.6 is 0 Å². The topological polar surface area (TPSA) is 68.8 Å². The lowest BCUT2D eigenvalue weighted by atomic mass is 10.5. The Kier molecular flexibility index (Phi) is 2.95. The largest absolute Gasteiger partial charge is 0.493 e. The molecule has 0 aliphatic rings. The molecule has 6 heteroatoms. The highest BCUT2D eigenvalue weighted by atomic mass is 16.6. The Morgan fingerprint density at radius 2 is 2.29 bits per heavy atom. The summed E-state index contributed by atoms with van der Waals surface area (Å²) < 4.78 is 2.55. The first-order chi connectivity index (χ1) is 6.63. The van der Waals surface area contributed by atoms with E-state index in [1.807, 2.05) is 0 Å². The highest BCUT2D eigenvalue weighted by molar-refractivity contribution is 5.79. The van der Waals surface area contributed by atoms with E-state index in [1.165, 1.54) is 22.5 Å². The fraction of sp³-hybridized carbons (Fsp3) is 0.500. The van der Waals surface area contributed by atoms with Gasteiger partial charge in [-0.25, -0.2) is 4.79 Å². The summed E-state index contributed by atoms with van der Waals surface area (Å²) in [5, 5.41) is 13.1. The number of aromatic nitrogens is 2. The predicted molar refractivity (Wildman–Crippen MR) is 51.6 cm³/mol. The number of imidazole rings is 1. The minimum atomic E-state index is -0.275. The van der Waals surface area contributed by atoms with Crippen LogP contribution in [0.15, 0.2) is 9.95 Å². The van der Waals surface area contributed by atoms with Crippen molar-refractivity contribution >= 4 is 6.21 Å². The maximum Gasteiger partial charge on any atom is 0.331 e. The summed E-state index contributed by atoms with van der Waals surface area (Å²) in [4.78, 5) is 15.9. The summed E-state index contributed by atoms with van der Waals surface area (Å²) in [5.41, 5.74) is 0.0567. The first-order valence-corrected chi connectivity index (χ1v) is 4.18. The van der Waals surface area contributed by atoms with Crippen LogP contribution in [0.3, 0.4) is 0 Å². The smallest absolute Gasteiger partial charge is 0.331 e. The molecule has 0 atom stereocenters. The van der Waals surface area contributed by atoms with Crippen molar-refractivity contribution in [2.75, 3.05) is 7.11 Å².